The van der Waals surface area contributed by atoms with Crippen LogP contribution in [0.3, 0.4) is 0 Å². The third-order valence-corrected chi connectivity index (χ3v) is 2.87. The molecule has 0 N–H and O–H groups in total. The Balaban J connectivity index is 2.74. The first-order valence-electron chi connectivity index (χ1n) is 5.38. The number of hydrogen-bond donors (Lipinski definition) is 0. The molecule has 0 aliphatic heterocycles. The standard InChI is InChI=1S/C13H16F2O/c1-8(2)9(3)13(16)7-10-4-5-11(14)12(15)6-10/h4-6,8-9H,7H2,1-3H3. The zero-order valence-corrected chi connectivity index (χ0v) is 9.76. The molecule has 88 valence electrons. The lowest BCUT2D eigenvalue weighted by Crippen LogP contribution is -2.18. The topological polar surface area (TPSA) is 17.1 Å². The molecule has 1 unspecified atom stereocenters. The SMILES string of the molecule is CC(C)C(C)C(=O)Cc1ccc(F)c(F)c1. The minimum Gasteiger partial charge on any atom is -0.299 e. The van der Waals surface area contributed by atoms with Gasteiger partial charge in [-0.2, -0.15) is 0 Å². The van der Waals surface area contributed by atoms with Gasteiger partial charge in [0.25, 0.3) is 0 Å². The van der Waals surface area contributed by atoms with Crippen molar-refractivity contribution in [2.45, 2.75) is 27.2 Å². The Hall–Kier alpha value is -1.25. The lowest BCUT2D eigenvalue weighted by molar-refractivity contribution is -0.122. The molecule has 0 fully saturated rings. The van der Waals surface area contributed by atoms with Gasteiger partial charge in [-0.15, -0.1) is 0 Å². The summed E-state index contributed by atoms with van der Waals surface area (Å²) >= 11 is 0. The number of halogens is 2. The summed E-state index contributed by atoms with van der Waals surface area (Å²) in [5.41, 5.74) is 0.524. The first-order chi connectivity index (χ1) is 7.41. The summed E-state index contributed by atoms with van der Waals surface area (Å²) < 4.78 is 25.6. The van der Waals surface area contributed by atoms with Crippen molar-refractivity contribution in [3.8, 4) is 0 Å². The Kier molecular flexibility index (Phi) is 4.16. The first kappa shape index (κ1) is 12.8. The van der Waals surface area contributed by atoms with Crippen molar-refractivity contribution in [1.29, 1.82) is 0 Å². The Morgan fingerprint density at radius 3 is 2.31 bits per heavy atom. The van der Waals surface area contributed by atoms with E-state index in [1.807, 2.05) is 20.8 Å². The quantitative estimate of drug-likeness (QED) is 0.769. The maximum Gasteiger partial charge on any atom is 0.159 e. The van der Waals surface area contributed by atoms with Crippen LogP contribution in [0.5, 0.6) is 0 Å². The van der Waals surface area contributed by atoms with E-state index in [2.05, 4.69) is 0 Å². The summed E-state index contributed by atoms with van der Waals surface area (Å²) in [5.74, 6) is -1.53. The van der Waals surface area contributed by atoms with Crippen LogP contribution in [0.4, 0.5) is 8.78 Å². The van der Waals surface area contributed by atoms with Gasteiger partial charge in [0.2, 0.25) is 0 Å². The minimum absolute atomic E-state index is 0.0565. The number of benzene rings is 1. The van der Waals surface area contributed by atoms with E-state index >= 15 is 0 Å². The summed E-state index contributed by atoms with van der Waals surface area (Å²) in [6, 6.07) is 3.58. The molecule has 3 heteroatoms. The van der Waals surface area contributed by atoms with Gasteiger partial charge in [-0.3, -0.25) is 4.79 Å². The zero-order valence-electron chi connectivity index (χ0n) is 9.76. The van der Waals surface area contributed by atoms with Gasteiger partial charge in [-0.05, 0) is 23.6 Å². The maximum atomic E-state index is 12.9. The smallest absolute Gasteiger partial charge is 0.159 e. The second kappa shape index (κ2) is 5.19. The Labute approximate surface area is 94.5 Å². The Morgan fingerprint density at radius 2 is 1.81 bits per heavy atom. The molecule has 1 rings (SSSR count). The molecule has 0 saturated carbocycles. The summed E-state index contributed by atoms with van der Waals surface area (Å²) in [5, 5.41) is 0. The lowest BCUT2D eigenvalue weighted by atomic mass is 9.90. The van der Waals surface area contributed by atoms with Crippen molar-refractivity contribution in [3.63, 3.8) is 0 Å². The normalized spacial score (nSPS) is 12.9. The van der Waals surface area contributed by atoms with Gasteiger partial charge in [0, 0.05) is 12.3 Å². The van der Waals surface area contributed by atoms with Crippen LogP contribution in [0.1, 0.15) is 26.3 Å². The molecule has 0 radical (unpaired) electrons. The van der Waals surface area contributed by atoms with E-state index in [9.17, 15) is 13.6 Å². The molecule has 1 aromatic carbocycles. The highest BCUT2D eigenvalue weighted by Crippen LogP contribution is 2.15. The fourth-order valence-corrected chi connectivity index (χ4v) is 1.38. The zero-order chi connectivity index (χ0) is 12.3. The fourth-order valence-electron chi connectivity index (χ4n) is 1.38. The van der Waals surface area contributed by atoms with E-state index in [0.717, 1.165) is 12.1 Å². The molecule has 0 amide bonds. The lowest BCUT2D eigenvalue weighted by Gasteiger charge is -2.13. The highest BCUT2D eigenvalue weighted by molar-refractivity contribution is 5.83. The Morgan fingerprint density at radius 1 is 1.19 bits per heavy atom. The second-order valence-electron chi connectivity index (χ2n) is 4.42. The molecule has 1 nitrogen and oxygen atoms in total. The molecule has 0 aliphatic rings. The van der Waals surface area contributed by atoms with Crippen molar-refractivity contribution in [2.75, 3.05) is 0 Å². The van der Waals surface area contributed by atoms with Crippen LogP contribution in [0.25, 0.3) is 0 Å². The predicted molar refractivity (Wildman–Crippen MR) is 59.1 cm³/mol. The molecule has 0 bridgehead atoms. The van der Waals surface area contributed by atoms with E-state index in [0.29, 0.717) is 5.56 Å². The highest BCUT2D eigenvalue weighted by Gasteiger charge is 2.17. The average molecular weight is 226 g/mol. The van der Waals surface area contributed by atoms with Crippen LogP contribution in [-0.4, -0.2) is 5.78 Å². The van der Waals surface area contributed by atoms with Gasteiger partial charge >= 0.3 is 0 Å². The van der Waals surface area contributed by atoms with Crippen molar-refractivity contribution < 1.29 is 13.6 Å². The number of rotatable bonds is 4. The molecule has 1 atom stereocenters. The molecular weight excluding hydrogens is 210 g/mol. The van der Waals surface area contributed by atoms with Crippen LogP contribution in [0.2, 0.25) is 0 Å². The summed E-state index contributed by atoms with van der Waals surface area (Å²) in [6.45, 7) is 5.79. The monoisotopic (exact) mass is 226 g/mol. The molecule has 16 heavy (non-hydrogen) atoms. The van der Waals surface area contributed by atoms with Crippen LogP contribution in [0.15, 0.2) is 18.2 Å². The van der Waals surface area contributed by atoms with Gasteiger partial charge in [-0.25, -0.2) is 8.78 Å². The van der Waals surface area contributed by atoms with E-state index in [1.54, 1.807) is 0 Å². The average Bonchev–Trinajstić information content (AvgIpc) is 2.22. The Bertz CT molecular complexity index is 386. The molecule has 0 saturated heterocycles. The van der Waals surface area contributed by atoms with Crippen LogP contribution < -0.4 is 0 Å². The van der Waals surface area contributed by atoms with Crippen molar-refractivity contribution in [1.82, 2.24) is 0 Å². The van der Waals surface area contributed by atoms with Crippen molar-refractivity contribution in [2.24, 2.45) is 11.8 Å². The van der Waals surface area contributed by atoms with Crippen LogP contribution in [-0.2, 0) is 11.2 Å². The van der Waals surface area contributed by atoms with E-state index < -0.39 is 11.6 Å². The molecule has 0 aromatic heterocycles. The number of ketones is 1. The third kappa shape index (κ3) is 3.12. The first-order valence-corrected chi connectivity index (χ1v) is 5.38. The largest absolute Gasteiger partial charge is 0.299 e. The third-order valence-electron chi connectivity index (χ3n) is 2.87. The number of carbonyl (C=O) groups is 1. The molecule has 1 aromatic rings. The summed E-state index contributed by atoms with van der Waals surface area (Å²) in [7, 11) is 0. The maximum absolute atomic E-state index is 12.9. The predicted octanol–water partition coefficient (Wildman–Crippen LogP) is 3.37. The molecular formula is C13H16F2O. The molecule has 0 spiro atoms. The van der Waals surface area contributed by atoms with E-state index in [4.69, 9.17) is 0 Å². The number of Topliss-reactive ketones (excluding diaryl/α,β-unsaturated/α-hetero) is 1. The molecule has 0 aliphatic carbocycles. The fraction of sp³-hybridized carbons (Fsp3) is 0.462. The number of hydrogen-bond acceptors (Lipinski definition) is 1. The van der Waals surface area contributed by atoms with Gasteiger partial charge in [0.1, 0.15) is 5.78 Å². The van der Waals surface area contributed by atoms with E-state index in [1.165, 1.54) is 6.07 Å². The van der Waals surface area contributed by atoms with Crippen molar-refractivity contribution >= 4 is 5.78 Å². The van der Waals surface area contributed by atoms with Crippen molar-refractivity contribution in [3.05, 3.63) is 35.4 Å². The van der Waals surface area contributed by atoms with Gasteiger partial charge in [0.15, 0.2) is 11.6 Å². The minimum atomic E-state index is -0.900. The van der Waals surface area contributed by atoms with Gasteiger partial charge in [0.05, 0.1) is 0 Å². The van der Waals surface area contributed by atoms with Crippen LogP contribution >= 0.6 is 0 Å². The highest BCUT2D eigenvalue weighted by atomic mass is 19.2. The van der Waals surface area contributed by atoms with E-state index in [-0.39, 0.29) is 24.0 Å². The van der Waals surface area contributed by atoms with Gasteiger partial charge < -0.3 is 0 Å². The van der Waals surface area contributed by atoms with Gasteiger partial charge in [-0.1, -0.05) is 26.8 Å². The second-order valence-corrected chi connectivity index (χ2v) is 4.42. The number of carbonyl (C=O) groups excluding carboxylic acids is 1. The molecule has 0 heterocycles. The summed E-state index contributed by atoms with van der Waals surface area (Å²) in [6.07, 6.45) is 0.163. The summed E-state index contributed by atoms with van der Waals surface area (Å²) in [4.78, 5) is 11.7. The van der Waals surface area contributed by atoms with Crippen LogP contribution in [0, 0.1) is 23.5 Å².